The first-order valence-electron chi connectivity index (χ1n) is 7.46. The van der Waals surface area contributed by atoms with E-state index in [2.05, 4.69) is 10.6 Å². The first kappa shape index (κ1) is 23.6. The number of hydrogen-bond donors (Lipinski definition) is 3. The zero-order valence-corrected chi connectivity index (χ0v) is 17.1. The van der Waals surface area contributed by atoms with Gasteiger partial charge in [0.05, 0.1) is 9.79 Å². The van der Waals surface area contributed by atoms with Crippen LogP contribution in [0.25, 0.3) is 0 Å². The first-order chi connectivity index (χ1) is 12.8. The van der Waals surface area contributed by atoms with Crippen molar-refractivity contribution < 1.29 is 31.0 Å². The van der Waals surface area contributed by atoms with Crippen LogP contribution in [0.1, 0.15) is 13.8 Å². The van der Waals surface area contributed by atoms with Crippen LogP contribution in [0, 0.1) is 0 Å². The Kier molecular flexibility index (Phi) is 8.12. The van der Waals surface area contributed by atoms with E-state index in [1.165, 1.54) is 62.4 Å². The molecular weight excluding hydrogens is 432 g/mol. The maximum atomic E-state index is 10.8. The maximum absolute atomic E-state index is 10.8. The van der Waals surface area contributed by atoms with Crippen LogP contribution < -0.4 is 10.6 Å². The summed E-state index contributed by atoms with van der Waals surface area (Å²) in [5, 5.41) is 4.97. The quantitative estimate of drug-likeness (QED) is 0.480. The van der Waals surface area contributed by atoms with Crippen molar-refractivity contribution in [3.05, 3.63) is 48.5 Å². The van der Waals surface area contributed by atoms with Gasteiger partial charge in [0.1, 0.15) is 0 Å². The molecule has 2 rings (SSSR count). The molecule has 0 aliphatic rings. The average molecular weight is 449 g/mol. The second-order valence-corrected chi connectivity index (χ2v) is 9.31. The van der Waals surface area contributed by atoms with Crippen LogP contribution >= 0.6 is 10.7 Å². The molecule has 0 unspecified atom stereocenters. The first-order valence-corrected chi connectivity index (χ1v) is 11.2. The molecule has 0 saturated carbocycles. The molecule has 0 saturated heterocycles. The fraction of sp³-hybridized carbons (Fsp3) is 0.125. The Morgan fingerprint density at radius 2 is 1.07 bits per heavy atom. The lowest BCUT2D eigenvalue weighted by Gasteiger charge is -2.01. The molecule has 152 valence electrons. The Morgan fingerprint density at radius 3 is 1.32 bits per heavy atom. The summed E-state index contributed by atoms with van der Waals surface area (Å²) in [5.41, 5.74) is 1.01. The number of nitrogens with one attached hydrogen (secondary N) is 2. The van der Waals surface area contributed by atoms with E-state index in [0.717, 1.165) is 0 Å². The van der Waals surface area contributed by atoms with Crippen LogP contribution in [-0.2, 0) is 28.8 Å². The summed E-state index contributed by atoms with van der Waals surface area (Å²) in [6.45, 7) is 2.71. The van der Waals surface area contributed by atoms with Gasteiger partial charge < -0.3 is 10.6 Å². The van der Waals surface area contributed by atoms with Gasteiger partial charge in [-0.3, -0.25) is 14.1 Å². The Balaban J connectivity index is 0.000000280. The summed E-state index contributed by atoms with van der Waals surface area (Å²) in [4.78, 5) is 21.1. The van der Waals surface area contributed by atoms with Crippen LogP contribution in [0.5, 0.6) is 0 Å². The Bertz CT molecular complexity index is 962. The normalized spacial score (nSPS) is 11.0. The number of amides is 2. The van der Waals surface area contributed by atoms with Crippen molar-refractivity contribution in [2.24, 2.45) is 0 Å². The second-order valence-electron chi connectivity index (χ2n) is 5.32. The second kappa shape index (κ2) is 9.64. The highest BCUT2D eigenvalue weighted by atomic mass is 35.7. The van der Waals surface area contributed by atoms with Gasteiger partial charge >= 0.3 is 0 Å². The molecule has 0 aromatic heterocycles. The average Bonchev–Trinajstić information content (AvgIpc) is 2.53. The zero-order chi connectivity index (χ0) is 21.5. The Labute approximate surface area is 166 Å². The van der Waals surface area contributed by atoms with Crippen LogP contribution in [0.2, 0.25) is 0 Å². The number of carbonyl (C=O) groups excluding carboxylic acids is 2. The van der Waals surface area contributed by atoms with Gasteiger partial charge in [-0.2, -0.15) is 8.42 Å². The molecule has 0 atom stereocenters. The van der Waals surface area contributed by atoms with E-state index < -0.39 is 19.2 Å². The maximum Gasteiger partial charge on any atom is 0.294 e. The lowest BCUT2D eigenvalue weighted by Crippen LogP contribution is -2.06. The molecule has 12 heteroatoms. The Morgan fingerprint density at radius 1 is 0.750 bits per heavy atom. The van der Waals surface area contributed by atoms with E-state index in [4.69, 9.17) is 15.2 Å². The van der Waals surface area contributed by atoms with Gasteiger partial charge in [0.15, 0.2) is 0 Å². The highest BCUT2D eigenvalue weighted by Gasteiger charge is 2.09. The molecule has 2 aromatic rings. The van der Waals surface area contributed by atoms with Gasteiger partial charge in [-0.25, -0.2) is 8.42 Å². The summed E-state index contributed by atoms with van der Waals surface area (Å²) < 4.78 is 51.6. The van der Waals surface area contributed by atoms with Gasteiger partial charge in [-0.05, 0) is 48.5 Å². The fourth-order valence-electron chi connectivity index (χ4n) is 1.82. The van der Waals surface area contributed by atoms with E-state index in [-0.39, 0.29) is 21.6 Å². The fourth-order valence-corrected chi connectivity index (χ4v) is 3.07. The lowest BCUT2D eigenvalue weighted by atomic mass is 10.3. The summed E-state index contributed by atoms with van der Waals surface area (Å²) in [7, 11) is -2.75. The van der Waals surface area contributed by atoms with Gasteiger partial charge in [0, 0.05) is 35.9 Å². The van der Waals surface area contributed by atoms with E-state index in [9.17, 15) is 26.4 Å². The summed E-state index contributed by atoms with van der Waals surface area (Å²) in [6.07, 6.45) is 0. The number of benzene rings is 2. The largest absolute Gasteiger partial charge is 0.326 e. The summed E-state index contributed by atoms with van der Waals surface area (Å²) in [6, 6.07) is 10.8. The molecular formula is C16H17ClN2O7S2. The van der Waals surface area contributed by atoms with Crippen molar-refractivity contribution in [2.45, 2.75) is 23.6 Å². The Hall–Kier alpha value is -2.47. The van der Waals surface area contributed by atoms with E-state index in [1.807, 2.05) is 0 Å². The molecule has 0 radical (unpaired) electrons. The van der Waals surface area contributed by atoms with Crippen molar-refractivity contribution in [3.63, 3.8) is 0 Å². The van der Waals surface area contributed by atoms with Crippen molar-refractivity contribution in [1.29, 1.82) is 0 Å². The monoisotopic (exact) mass is 448 g/mol. The predicted molar refractivity (Wildman–Crippen MR) is 104 cm³/mol. The number of hydrogen-bond acceptors (Lipinski definition) is 6. The number of rotatable bonds is 4. The SMILES string of the molecule is CC(=O)Nc1ccc(S(=O)(=O)Cl)cc1.CC(=O)Nc1ccc(S(=O)(=O)O)cc1. The molecule has 0 aliphatic carbocycles. The number of halogens is 1. The molecule has 0 spiro atoms. The molecule has 0 bridgehead atoms. The third kappa shape index (κ3) is 8.48. The highest BCUT2D eigenvalue weighted by Crippen LogP contribution is 2.17. The zero-order valence-electron chi connectivity index (χ0n) is 14.7. The van der Waals surface area contributed by atoms with Crippen molar-refractivity contribution in [1.82, 2.24) is 0 Å². The predicted octanol–water partition coefficient (Wildman–Crippen LogP) is 2.46. The van der Waals surface area contributed by atoms with Gasteiger partial charge in [0.25, 0.3) is 19.2 Å². The molecule has 0 fully saturated rings. The molecule has 2 aromatic carbocycles. The van der Waals surface area contributed by atoms with Crippen molar-refractivity contribution >= 4 is 53.0 Å². The molecule has 3 N–H and O–H groups in total. The van der Waals surface area contributed by atoms with Crippen molar-refractivity contribution in [2.75, 3.05) is 10.6 Å². The van der Waals surface area contributed by atoms with Crippen LogP contribution in [0.15, 0.2) is 58.3 Å². The molecule has 0 heterocycles. The minimum atomic E-state index is -4.16. The minimum Gasteiger partial charge on any atom is -0.326 e. The van der Waals surface area contributed by atoms with Crippen LogP contribution in [0.3, 0.4) is 0 Å². The number of anilines is 2. The van der Waals surface area contributed by atoms with E-state index in [0.29, 0.717) is 11.4 Å². The van der Waals surface area contributed by atoms with Gasteiger partial charge in [-0.15, -0.1) is 0 Å². The highest BCUT2D eigenvalue weighted by molar-refractivity contribution is 8.13. The smallest absolute Gasteiger partial charge is 0.294 e. The standard InChI is InChI=1S/C8H8ClNO3S.C8H9NO4S/c1-6(11)10-7-2-4-8(5-3-7)14(9,12)13;1-6(10)9-7-2-4-8(5-3-7)14(11,12)13/h2-5H,1H3,(H,10,11);2-5H,1H3,(H,9,10)(H,11,12,13). The molecule has 9 nitrogen and oxygen atoms in total. The van der Waals surface area contributed by atoms with Crippen LogP contribution in [-0.4, -0.2) is 33.2 Å². The van der Waals surface area contributed by atoms with Crippen molar-refractivity contribution in [3.8, 4) is 0 Å². The minimum absolute atomic E-state index is 0.00766. The van der Waals surface area contributed by atoms with E-state index >= 15 is 0 Å². The van der Waals surface area contributed by atoms with Crippen LogP contribution in [0.4, 0.5) is 11.4 Å². The third-order valence-electron chi connectivity index (χ3n) is 2.93. The molecule has 0 aliphatic heterocycles. The third-order valence-corrected chi connectivity index (χ3v) is 5.17. The lowest BCUT2D eigenvalue weighted by molar-refractivity contribution is -0.115. The van der Waals surface area contributed by atoms with Gasteiger partial charge in [0.2, 0.25) is 11.8 Å². The van der Waals surface area contributed by atoms with E-state index in [1.54, 1.807) is 0 Å². The topological polar surface area (TPSA) is 147 Å². The van der Waals surface area contributed by atoms with Gasteiger partial charge in [-0.1, -0.05) is 0 Å². The molecule has 2 amide bonds. The number of carbonyl (C=O) groups is 2. The summed E-state index contributed by atoms with van der Waals surface area (Å²) in [5.74, 6) is -0.462. The molecule has 28 heavy (non-hydrogen) atoms. The summed E-state index contributed by atoms with van der Waals surface area (Å²) >= 11 is 0.